The number of aromatic nitrogens is 5. The molecule has 1 aromatic carbocycles. The zero-order valence-corrected chi connectivity index (χ0v) is 25.7. The van der Waals surface area contributed by atoms with Crippen LogP contribution in [0.2, 0.25) is 25.7 Å². The summed E-state index contributed by atoms with van der Waals surface area (Å²) in [4.78, 5) is 11.4. The van der Waals surface area contributed by atoms with Crippen molar-refractivity contribution in [1.82, 2.24) is 24.3 Å². The third-order valence-corrected chi connectivity index (χ3v) is 9.88. The van der Waals surface area contributed by atoms with Crippen molar-refractivity contribution in [3.05, 3.63) is 59.2 Å². The minimum atomic E-state index is -1.14. The molecule has 1 aliphatic rings. The number of ether oxygens (including phenoxy) is 1. The molecule has 0 unspecified atom stereocenters. The molecule has 0 N–H and O–H groups in total. The van der Waals surface area contributed by atoms with Crippen molar-refractivity contribution in [2.24, 2.45) is 5.92 Å². The fourth-order valence-corrected chi connectivity index (χ4v) is 6.50. The molecule has 0 radical (unpaired) electrons. The second-order valence-corrected chi connectivity index (χ2v) is 17.9. The smallest absolute Gasteiger partial charge is 0.145 e. The van der Waals surface area contributed by atoms with Gasteiger partial charge < -0.3 is 14.2 Å². The molecular formula is C29H33BrN8OSi. The molecule has 206 valence electrons. The lowest BCUT2D eigenvalue weighted by atomic mass is 9.96. The first kappa shape index (κ1) is 28.0. The molecule has 1 saturated heterocycles. The number of nitrogens with zero attached hydrogens (tertiary/aromatic N) is 8. The normalized spacial score (nSPS) is 16.2. The van der Waals surface area contributed by atoms with Gasteiger partial charge in [0, 0.05) is 61.5 Å². The molecule has 1 fully saturated rings. The van der Waals surface area contributed by atoms with E-state index in [0.29, 0.717) is 18.7 Å². The summed E-state index contributed by atoms with van der Waals surface area (Å²) in [7, 11) is -1.14. The van der Waals surface area contributed by atoms with E-state index in [1.165, 1.54) is 0 Å². The number of halogens is 1. The molecule has 4 aromatic rings. The van der Waals surface area contributed by atoms with E-state index in [0.717, 1.165) is 64.6 Å². The summed E-state index contributed by atoms with van der Waals surface area (Å²) in [6.07, 6.45) is 8.66. The first-order valence-corrected chi connectivity index (χ1v) is 18.0. The molecule has 0 aliphatic carbocycles. The van der Waals surface area contributed by atoms with E-state index in [2.05, 4.69) is 62.6 Å². The standard InChI is InChI=1S/C29H33BrN8OSi/c1-40(2,3)14-13-39-20-37-12-9-23-28(33-19-34-29(23)37)22-16-35-38(18-22)26(7-10-31)21-8-11-36(17-21)27-6-4-5-25(30)24(27)15-32/h4-6,9,12,16,18-19,21,26H,7-8,11,13-14,17,20H2,1-3H3/t21-,26-/m0/s1. The third-order valence-electron chi connectivity index (χ3n) is 7.51. The Kier molecular flexibility index (Phi) is 8.36. The quantitative estimate of drug-likeness (QED) is 0.154. The van der Waals surface area contributed by atoms with Crippen LogP contribution >= 0.6 is 15.9 Å². The predicted octanol–water partition coefficient (Wildman–Crippen LogP) is 6.22. The van der Waals surface area contributed by atoms with Crippen molar-refractivity contribution in [1.29, 1.82) is 10.5 Å². The number of anilines is 1. The molecule has 40 heavy (non-hydrogen) atoms. The Morgan fingerprint density at radius 2 is 2.05 bits per heavy atom. The second-order valence-electron chi connectivity index (χ2n) is 11.5. The highest BCUT2D eigenvalue weighted by Crippen LogP contribution is 2.36. The lowest BCUT2D eigenvalue weighted by Gasteiger charge is -2.24. The van der Waals surface area contributed by atoms with E-state index in [1.54, 1.807) is 6.33 Å². The van der Waals surface area contributed by atoms with Gasteiger partial charge in [0.1, 0.15) is 24.8 Å². The van der Waals surface area contributed by atoms with E-state index in [4.69, 9.17) is 9.84 Å². The van der Waals surface area contributed by atoms with Gasteiger partial charge in [0.25, 0.3) is 0 Å². The average Bonchev–Trinajstić information content (AvgIpc) is 3.69. The lowest BCUT2D eigenvalue weighted by molar-refractivity contribution is 0.0899. The van der Waals surface area contributed by atoms with Crippen LogP contribution < -0.4 is 4.90 Å². The molecule has 9 nitrogen and oxygen atoms in total. The van der Waals surface area contributed by atoms with Crippen LogP contribution in [0.5, 0.6) is 0 Å². The highest BCUT2D eigenvalue weighted by atomic mass is 79.9. The van der Waals surface area contributed by atoms with Crippen molar-refractivity contribution in [2.45, 2.75) is 51.3 Å². The second kappa shape index (κ2) is 11.9. The first-order chi connectivity index (χ1) is 19.3. The highest BCUT2D eigenvalue weighted by Gasteiger charge is 2.32. The monoisotopic (exact) mass is 616 g/mol. The zero-order chi connectivity index (χ0) is 28.3. The maximum absolute atomic E-state index is 9.69. The third kappa shape index (κ3) is 5.97. The topological polar surface area (TPSA) is 109 Å². The Bertz CT molecular complexity index is 1580. The molecule has 5 rings (SSSR count). The van der Waals surface area contributed by atoms with Crippen LogP contribution in [-0.2, 0) is 11.5 Å². The molecule has 0 saturated carbocycles. The summed E-state index contributed by atoms with van der Waals surface area (Å²) < 4.78 is 10.7. The zero-order valence-electron chi connectivity index (χ0n) is 23.1. The summed E-state index contributed by atoms with van der Waals surface area (Å²) in [6, 6.07) is 13.6. The summed E-state index contributed by atoms with van der Waals surface area (Å²) in [5, 5.41) is 25.0. The maximum Gasteiger partial charge on any atom is 0.145 e. The van der Waals surface area contributed by atoms with Gasteiger partial charge in [0.15, 0.2) is 0 Å². The van der Waals surface area contributed by atoms with Crippen LogP contribution in [0.1, 0.15) is 24.4 Å². The molecule has 0 spiro atoms. The molecule has 0 bridgehead atoms. The molecule has 0 amide bonds. The van der Waals surface area contributed by atoms with Crippen LogP contribution in [0.3, 0.4) is 0 Å². The van der Waals surface area contributed by atoms with Crippen molar-refractivity contribution < 1.29 is 4.74 Å². The summed E-state index contributed by atoms with van der Waals surface area (Å²) in [5.41, 5.74) is 4.10. The van der Waals surface area contributed by atoms with Crippen molar-refractivity contribution in [2.75, 3.05) is 24.6 Å². The van der Waals surface area contributed by atoms with Gasteiger partial charge in [-0.15, -0.1) is 0 Å². The lowest BCUT2D eigenvalue weighted by Crippen LogP contribution is -2.25. The number of hydrogen-bond donors (Lipinski definition) is 0. The number of fused-ring (bicyclic) bond motifs is 1. The van der Waals surface area contributed by atoms with Crippen LogP contribution in [-0.4, -0.2) is 52.1 Å². The van der Waals surface area contributed by atoms with Crippen molar-refractivity contribution in [3.8, 4) is 23.4 Å². The van der Waals surface area contributed by atoms with E-state index in [-0.39, 0.29) is 12.0 Å². The summed E-state index contributed by atoms with van der Waals surface area (Å²) in [5.74, 6) is 0.220. The van der Waals surface area contributed by atoms with Gasteiger partial charge in [-0.25, -0.2) is 9.97 Å². The number of benzene rings is 1. The Balaban J connectivity index is 1.34. The number of rotatable bonds is 10. The van der Waals surface area contributed by atoms with E-state index in [1.807, 2.05) is 52.1 Å². The van der Waals surface area contributed by atoms with Gasteiger partial charge in [-0.2, -0.15) is 15.6 Å². The number of nitriles is 2. The van der Waals surface area contributed by atoms with Crippen molar-refractivity contribution >= 4 is 40.7 Å². The summed E-state index contributed by atoms with van der Waals surface area (Å²) >= 11 is 3.50. The van der Waals surface area contributed by atoms with E-state index in [9.17, 15) is 10.5 Å². The minimum Gasteiger partial charge on any atom is -0.370 e. The van der Waals surface area contributed by atoms with Gasteiger partial charge in [0.2, 0.25) is 0 Å². The van der Waals surface area contributed by atoms with Crippen LogP contribution in [0.15, 0.2) is 53.7 Å². The van der Waals surface area contributed by atoms with Gasteiger partial charge in [0.05, 0.1) is 41.7 Å². The Morgan fingerprint density at radius 1 is 1.20 bits per heavy atom. The van der Waals surface area contributed by atoms with Crippen LogP contribution in [0.4, 0.5) is 5.69 Å². The average molecular weight is 618 g/mol. The molecule has 3 aromatic heterocycles. The number of hydrogen-bond acceptors (Lipinski definition) is 7. The van der Waals surface area contributed by atoms with Gasteiger partial charge in [-0.05, 0) is 46.6 Å². The highest BCUT2D eigenvalue weighted by molar-refractivity contribution is 9.10. The predicted molar refractivity (Wildman–Crippen MR) is 161 cm³/mol. The van der Waals surface area contributed by atoms with Crippen LogP contribution in [0, 0.1) is 28.6 Å². The molecule has 1 aliphatic heterocycles. The Hall–Kier alpha value is -3.51. The SMILES string of the molecule is C[Si](C)(C)CCOCn1ccc2c(-c3cnn([C@@H](CC#N)[C@H]4CCN(c5cccc(Br)c5C#N)C4)c3)ncnc21. The fourth-order valence-electron chi connectivity index (χ4n) is 5.30. The molecule has 2 atom stereocenters. The van der Waals surface area contributed by atoms with Gasteiger partial charge >= 0.3 is 0 Å². The molecule has 11 heteroatoms. The van der Waals surface area contributed by atoms with Gasteiger partial charge in [-0.3, -0.25) is 4.68 Å². The van der Waals surface area contributed by atoms with Crippen molar-refractivity contribution in [3.63, 3.8) is 0 Å². The first-order valence-electron chi connectivity index (χ1n) is 13.5. The fraction of sp³-hybridized carbons (Fsp3) is 0.414. The minimum absolute atomic E-state index is 0.0804. The Morgan fingerprint density at radius 3 is 2.83 bits per heavy atom. The summed E-state index contributed by atoms with van der Waals surface area (Å²) in [6.45, 7) is 9.82. The molecular weight excluding hydrogens is 584 g/mol. The van der Waals surface area contributed by atoms with Gasteiger partial charge in [-0.1, -0.05) is 25.7 Å². The van der Waals surface area contributed by atoms with E-state index >= 15 is 0 Å². The van der Waals surface area contributed by atoms with Crippen LogP contribution in [0.25, 0.3) is 22.3 Å². The largest absolute Gasteiger partial charge is 0.370 e. The van der Waals surface area contributed by atoms with E-state index < -0.39 is 8.07 Å². The molecule has 4 heterocycles. The Labute approximate surface area is 244 Å². The maximum atomic E-state index is 9.69.